The van der Waals surface area contributed by atoms with Crippen LogP contribution in [-0.2, 0) is 9.53 Å². The van der Waals surface area contributed by atoms with E-state index in [1.54, 1.807) is 24.3 Å². The van der Waals surface area contributed by atoms with Crippen LogP contribution in [0.25, 0.3) is 0 Å². The number of carbonyl (C=O) groups is 2. The molecule has 0 fully saturated rings. The maximum atomic E-state index is 11.8. The van der Waals surface area contributed by atoms with Crippen LogP contribution in [0.1, 0.15) is 37.0 Å². The molecule has 0 heterocycles. The fraction of sp³-hybridized carbons (Fsp3) is 0.500. The van der Waals surface area contributed by atoms with E-state index in [2.05, 4.69) is 10.6 Å². The first-order valence-corrected chi connectivity index (χ1v) is 7.79. The van der Waals surface area contributed by atoms with Gasteiger partial charge in [0.05, 0.1) is 6.10 Å². The minimum absolute atomic E-state index is 0.0825. The lowest BCUT2D eigenvalue weighted by Gasteiger charge is -2.09. The van der Waals surface area contributed by atoms with Gasteiger partial charge < -0.3 is 15.4 Å². The van der Waals surface area contributed by atoms with Crippen molar-refractivity contribution in [3.63, 3.8) is 0 Å². The van der Waals surface area contributed by atoms with Crippen LogP contribution >= 0.6 is 11.6 Å². The third-order valence-electron chi connectivity index (χ3n) is 2.84. The Kier molecular flexibility index (Phi) is 8.55. The van der Waals surface area contributed by atoms with Crippen molar-refractivity contribution >= 4 is 23.4 Å². The SMILES string of the molecule is CC(C)OCCCNC(=O)CCNC(=O)c1ccc(Cl)cc1. The van der Waals surface area contributed by atoms with E-state index >= 15 is 0 Å². The van der Waals surface area contributed by atoms with E-state index in [0.717, 1.165) is 6.42 Å². The van der Waals surface area contributed by atoms with E-state index in [1.807, 2.05) is 13.8 Å². The summed E-state index contributed by atoms with van der Waals surface area (Å²) >= 11 is 5.76. The van der Waals surface area contributed by atoms with Gasteiger partial charge in [0.2, 0.25) is 5.91 Å². The van der Waals surface area contributed by atoms with Gasteiger partial charge in [0.1, 0.15) is 0 Å². The van der Waals surface area contributed by atoms with E-state index in [9.17, 15) is 9.59 Å². The second kappa shape index (κ2) is 10.2. The smallest absolute Gasteiger partial charge is 0.251 e. The third-order valence-corrected chi connectivity index (χ3v) is 3.09. The van der Waals surface area contributed by atoms with E-state index in [0.29, 0.717) is 30.3 Å². The number of hydrogen-bond acceptors (Lipinski definition) is 3. The van der Waals surface area contributed by atoms with E-state index < -0.39 is 0 Å². The van der Waals surface area contributed by atoms with Crippen LogP contribution in [-0.4, -0.2) is 37.6 Å². The Labute approximate surface area is 136 Å². The number of rotatable bonds is 9. The predicted molar refractivity (Wildman–Crippen MR) is 87.1 cm³/mol. The Hall–Kier alpha value is -1.59. The van der Waals surface area contributed by atoms with Crippen molar-refractivity contribution in [2.75, 3.05) is 19.7 Å². The monoisotopic (exact) mass is 326 g/mol. The highest BCUT2D eigenvalue weighted by Gasteiger charge is 2.06. The molecule has 0 spiro atoms. The molecule has 0 aliphatic carbocycles. The molecule has 0 aromatic heterocycles. The standard InChI is InChI=1S/C16H23ClN2O3/c1-12(2)22-11-3-9-18-15(20)8-10-19-16(21)13-4-6-14(17)7-5-13/h4-7,12H,3,8-11H2,1-2H3,(H,18,20)(H,19,21). The molecule has 1 rings (SSSR count). The molecule has 0 unspecified atom stereocenters. The van der Waals surface area contributed by atoms with Gasteiger partial charge >= 0.3 is 0 Å². The lowest BCUT2D eigenvalue weighted by Crippen LogP contribution is -2.31. The summed E-state index contributed by atoms with van der Waals surface area (Å²) in [5.41, 5.74) is 0.524. The van der Waals surface area contributed by atoms with Gasteiger partial charge in [-0.25, -0.2) is 0 Å². The molecule has 5 nitrogen and oxygen atoms in total. The number of halogens is 1. The molecule has 0 aliphatic rings. The molecule has 122 valence electrons. The molecule has 0 atom stereocenters. The summed E-state index contributed by atoms with van der Waals surface area (Å²) in [7, 11) is 0. The number of hydrogen-bond donors (Lipinski definition) is 2. The van der Waals surface area contributed by atoms with Crippen LogP contribution in [0.5, 0.6) is 0 Å². The van der Waals surface area contributed by atoms with Crippen LogP contribution < -0.4 is 10.6 Å². The highest BCUT2D eigenvalue weighted by molar-refractivity contribution is 6.30. The topological polar surface area (TPSA) is 67.4 Å². The van der Waals surface area contributed by atoms with Gasteiger partial charge in [-0.15, -0.1) is 0 Å². The Morgan fingerprint density at radius 1 is 1.14 bits per heavy atom. The fourth-order valence-corrected chi connectivity index (χ4v) is 1.83. The minimum atomic E-state index is -0.213. The lowest BCUT2D eigenvalue weighted by atomic mass is 10.2. The lowest BCUT2D eigenvalue weighted by molar-refractivity contribution is -0.121. The van der Waals surface area contributed by atoms with Crippen molar-refractivity contribution in [3.8, 4) is 0 Å². The summed E-state index contributed by atoms with van der Waals surface area (Å²) in [6, 6.07) is 6.60. The molecule has 1 aromatic rings. The largest absolute Gasteiger partial charge is 0.379 e. The Balaban J connectivity index is 2.11. The van der Waals surface area contributed by atoms with Crippen molar-refractivity contribution in [1.29, 1.82) is 0 Å². The van der Waals surface area contributed by atoms with Crippen LogP contribution in [0.15, 0.2) is 24.3 Å². The van der Waals surface area contributed by atoms with E-state index in [1.165, 1.54) is 0 Å². The summed E-state index contributed by atoms with van der Waals surface area (Å²) in [6.07, 6.45) is 1.24. The first kappa shape index (κ1) is 18.5. The van der Waals surface area contributed by atoms with E-state index in [4.69, 9.17) is 16.3 Å². The van der Waals surface area contributed by atoms with Gasteiger partial charge in [0.25, 0.3) is 5.91 Å². The Morgan fingerprint density at radius 2 is 1.82 bits per heavy atom. The summed E-state index contributed by atoms with van der Waals surface area (Å²) in [4.78, 5) is 23.4. The zero-order valence-electron chi connectivity index (χ0n) is 13.0. The number of amides is 2. The maximum Gasteiger partial charge on any atom is 0.251 e. The third kappa shape index (κ3) is 8.00. The molecule has 0 saturated carbocycles. The number of nitrogens with one attached hydrogen (secondary N) is 2. The van der Waals surface area contributed by atoms with Gasteiger partial charge in [0.15, 0.2) is 0 Å². The maximum absolute atomic E-state index is 11.8. The summed E-state index contributed by atoms with van der Waals surface area (Å²) in [5.74, 6) is -0.296. The number of carbonyl (C=O) groups excluding carboxylic acids is 2. The molecule has 6 heteroatoms. The second-order valence-corrected chi connectivity index (χ2v) is 5.57. The average Bonchev–Trinajstić information content (AvgIpc) is 2.47. The van der Waals surface area contributed by atoms with Crippen molar-refractivity contribution in [1.82, 2.24) is 10.6 Å². The minimum Gasteiger partial charge on any atom is -0.379 e. The Morgan fingerprint density at radius 3 is 2.45 bits per heavy atom. The fourth-order valence-electron chi connectivity index (χ4n) is 1.70. The zero-order chi connectivity index (χ0) is 16.4. The molecule has 0 aliphatic heterocycles. The molecular formula is C16H23ClN2O3. The van der Waals surface area contributed by atoms with Gasteiger partial charge in [0, 0.05) is 36.7 Å². The normalized spacial score (nSPS) is 10.5. The van der Waals surface area contributed by atoms with Gasteiger partial charge in [-0.3, -0.25) is 9.59 Å². The molecule has 0 bridgehead atoms. The van der Waals surface area contributed by atoms with Gasteiger partial charge in [-0.1, -0.05) is 11.6 Å². The summed E-state index contributed by atoms with van der Waals surface area (Å²) < 4.78 is 5.38. The quantitative estimate of drug-likeness (QED) is 0.685. The van der Waals surface area contributed by atoms with Gasteiger partial charge in [-0.05, 0) is 44.5 Å². The highest BCUT2D eigenvalue weighted by Crippen LogP contribution is 2.09. The number of ether oxygens (including phenoxy) is 1. The summed E-state index contributed by atoms with van der Waals surface area (Å²) in [5, 5.41) is 6.07. The molecular weight excluding hydrogens is 304 g/mol. The van der Waals surface area contributed by atoms with Crippen molar-refractivity contribution < 1.29 is 14.3 Å². The molecule has 22 heavy (non-hydrogen) atoms. The summed E-state index contributed by atoms with van der Waals surface area (Å²) in [6.45, 7) is 5.46. The van der Waals surface area contributed by atoms with Crippen LogP contribution in [0.4, 0.5) is 0 Å². The van der Waals surface area contributed by atoms with Crippen molar-refractivity contribution in [3.05, 3.63) is 34.9 Å². The number of benzene rings is 1. The van der Waals surface area contributed by atoms with Crippen molar-refractivity contribution in [2.45, 2.75) is 32.8 Å². The van der Waals surface area contributed by atoms with Gasteiger partial charge in [-0.2, -0.15) is 0 Å². The first-order chi connectivity index (χ1) is 10.5. The molecule has 2 N–H and O–H groups in total. The highest BCUT2D eigenvalue weighted by atomic mass is 35.5. The zero-order valence-corrected chi connectivity index (χ0v) is 13.8. The second-order valence-electron chi connectivity index (χ2n) is 5.14. The molecule has 0 saturated heterocycles. The van der Waals surface area contributed by atoms with Crippen molar-refractivity contribution in [2.24, 2.45) is 0 Å². The van der Waals surface area contributed by atoms with Crippen LogP contribution in [0.3, 0.4) is 0 Å². The first-order valence-electron chi connectivity index (χ1n) is 7.41. The molecule has 0 radical (unpaired) electrons. The molecule has 2 amide bonds. The predicted octanol–water partition coefficient (Wildman–Crippen LogP) is 2.39. The Bertz CT molecular complexity index is 475. The van der Waals surface area contributed by atoms with Crippen LogP contribution in [0, 0.1) is 0 Å². The van der Waals surface area contributed by atoms with Crippen LogP contribution in [0.2, 0.25) is 5.02 Å². The van der Waals surface area contributed by atoms with E-state index in [-0.39, 0.29) is 24.3 Å². The average molecular weight is 327 g/mol. The molecule has 1 aromatic carbocycles.